The molecule has 0 aromatic heterocycles. The predicted molar refractivity (Wildman–Crippen MR) is 80.2 cm³/mol. The third-order valence-electron chi connectivity index (χ3n) is 3.32. The zero-order chi connectivity index (χ0) is 16.1. The zero-order valence-electron chi connectivity index (χ0n) is 12.6. The van der Waals surface area contributed by atoms with E-state index < -0.39 is 19.4 Å². The van der Waals surface area contributed by atoms with Crippen molar-refractivity contribution in [1.82, 2.24) is 0 Å². The number of ether oxygens (including phenoxy) is 2. The van der Waals surface area contributed by atoms with Crippen molar-refractivity contribution in [2.75, 3.05) is 13.2 Å². The minimum atomic E-state index is -3.94. The van der Waals surface area contributed by atoms with Crippen LogP contribution in [0, 0.1) is 0 Å². The van der Waals surface area contributed by atoms with Crippen LogP contribution >= 0.6 is 7.60 Å². The van der Waals surface area contributed by atoms with Gasteiger partial charge in [0.2, 0.25) is 0 Å². The lowest BCUT2D eigenvalue weighted by Gasteiger charge is -2.29. The maximum absolute atomic E-state index is 12.4. The maximum Gasteiger partial charge on any atom is 0.335 e. The molecule has 1 aliphatic heterocycles. The van der Waals surface area contributed by atoms with Gasteiger partial charge >= 0.3 is 13.6 Å². The maximum atomic E-state index is 12.4. The second-order valence-electron chi connectivity index (χ2n) is 5.22. The van der Waals surface area contributed by atoms with Crippen molar-refractivity contribution < 1.29 is 28.3 Å². The van der Waals surface area contributed by atoms with Gasteiger partial charge in [-0.25, -0.2) is 0 Å². The fourth-order valence-corrected chi connectivity index (χ4v) is 3.92. The highest BCUT2D eigenvalue weighted by atomic mass is 31.2. The Morgan fingerprint density at radius 1 is 1.41 bits per heavy atom. The van der Waals surface area contributed by atoms with E-state index in [0.29, 0.717) is 25.0 Å². The molecule has 0 bridgehead atoms. The monoisotopic (exact) mass is 328 g/mol. The van der Waals surface area contributed by atoms with Gasteiger partial charge in [-0.05, 0) is 18.9 Å². The fraction of sp³-hybridized carbons (Fsp3) is 0.533. The quantitative estimate of drug-likeness (QED) is 0.612. The molecule has 1 aromatic carbocycles. The number of esters is 1. The van der Waals surface area contributed by atoms with Crippen molar-refractivity contribution in [3.05, 3.63) is 35.9 Å². The first kappa shape index (κ1) is 17.2. The zero-order valence-corrected chi connectivity index (χ0v) is 13.5. The molecule has 0 radical (unpaired) electrons. The summed E-state index contributed by atoms with van der Waals surface area (Å²) in [5.74, 6) is -1.85. The number of benzene rings is 1. The lowest BCUT2D eigenvalue weighted by atomic mass is 10.1. The molecule has 22 heavy (non-hydrogen) atoms. The largest absolute Gasteiger partial charge is 0.466 e. The Morgan fingerprint density at radius 2 is 2.14 bits per heavy atom. The number of hydrogen-bond donors (Lipinski definition) is 1. The summed E-state index contributed by atoms with van der Waals surface area (Å²) >= 11 is 0. The Kier molecular flexibility index (Phi) is 5.75. The van der Waals surface area contributed by atoms with Crippen LogP contribution in [0.25, 0.3) is 0 Å². The Hall–Kier alpha value is -1.20. The summed E-state index contributed by atoms with van der Waals surface area (Å²) in [6, 6.07) is 8.90. The molecular formula is C15H21O6P. The first-order valence-electron chi connectivity index (χ1n) is 7.31. The second-order valence-corrected chi connectivity index (χ2v) is 6.99. The highest BCUT2D eigenvalue weighted by Gasteiger charge is 2.44. The summed E-state index contributed by atoms with van der Waals surface area (Å²) in [5, 5.41) is 0. The third-order valence-corrected chi connectivity index (χ3v) is 4.70. The van der Waals surface area contributed by atoms with Gasteiger partial charge in [0.25, 0.3) is 0 Å². The summed E-state index contributed by atoms with van der Waals surface area (Å²) < 4.78 is 28.1. The number of carbonyl (C=O) groups is 1. The molecule has 1 saturated heterocycles. The first-order chi connectivity index (χ1) is 10.4. The molecule has 1 fully saturated rings. The fourth-order valence-electron chi connectivity index (χ4n) is 2.45. The normalized spacial score (nSPS) is 23.9. The molecule has 1 aliphatic rings. The van der Waals surface area contributed by atoms with Gasteiger partial charge in [-0.2, -0.15) is 0 Å². The summed E-state index contributed by atoms with van der Waals surface area (Å²) in [6.07, 6.45) is 0.762. The van der Waals surface area contributed by atoms with Gasteiger partial charge in [-0.15, -0.1) is 0 Å². The van der Waals surface area contributed by atoms with Gasteiger partial charge in [0, 0.05) is 6.42 Å². The van der Waals surface area contributed by atoms with Crippen LogP contribution in [0.1, 0.15) is 31.7 Å². The minimum Gasteiger partial charge on any atom is -0.466 e. The second kappa shape index (κ2) is 7.38. The Morgan fingerprint density at radius 3 is 2.73 bits per heavy atom. The summed E-state index contributed by atoms with van der Waals surface area (Å²) in [6.45, 7) is 2.34. The summed E-state index contributed by atoms with van der Waals surface area (Å²) in [5.41, 5.74) is 0.692. The number of carbonyl (C=O) groups excluding carboxylic acids is 1. The van der Waals surface area contributed by atoms with Crippen LogP contribution in [0.15, 0.2) is 30.3 Å². The SMILES string of the molecule is CCOC(=O)CC1(OP(=O)(O)Cc2ccccc2)CCCO1. The van der Waals surface area contributed by atoms with Gasteiger partial charge in [0.15, 0.2) is 5.79 Å². The molecule has 2 rings (SSSR count). The van der Waals surface area contributed by atoms with Crippen molar-refractivity contribution in [1.29, 1.82) is 0 Å². The molecule has 0 amide bonds. The van der Waals surface area contributed by atoms with Crippen molar-refractivity contribution >= 4 is 13.6 Å². The molecule has 0 saturated carbocycles. The van der Waals surface area contributed by atoms with E-state index in [-0.39, 0.29) is 19.2 Å². The molecular weight excluding hydrogens is 307 g/mol. The average molecular weight is 328 g/mol. The Balaban J connectivity index is 2.06. The molecule has 0 aliphatic carbocycles. The summed E-state index contributed by atoms with van der Waals surface area (Å²) in [4.78, 5) is 21.8. The topological polar surface area (TPSA) is 82.1 Å². The van der Waals surface area contributed by atoms with Crippen LogP contribution < -0.4 is 0 Å². The number of hydrogen-bond acceptors (Lipinski definition) is 5. The van der Waals surface area contributed by atoms with Crippen LogP contribution in [-0.2, 0) is 29.5 Å². The van der Waals surface area contributed by atoms with Crippen LogP contribution in [0.3, 0.4) is 0 Å². The minimum absolute atomic E-state index is 0.123. The molecule has 6 nitrogen and oxygen atoms in total. The molecule has 0 spiro atoms. The highest BCUT2D eigenvalue weighted by molar-refractivity contribution is 7.52. The smallest absolute Gasteiger partial charge is 0.335 e. The Labute approximate surface area is 129 Å². The lowest BCUT2D eigenvalue weighted by Crippen LogP contribution is -2.34. The molecule has 122 valence electrons. The Bertz CT molecular complexity index is 538. The van der Waals surface area contributed by atoms with Crippen molar-refractivity contribution in [3.63, 3.8) is 0 Å². The summed E-state index contributed by atoms with van der Waals surface area (Å²) in [7, 11) is -3.94. The van der Waals surface area contributed by atoms with Gasteiger partial charge in [-0.3, -0.25) is 13.9 Å². The van der Waals surface area contributed by atoms with Crippen LogP contribution in [0.4, 0.5) is 0 Å². The molecule has 7 heteroatoms. The van der Waals surface area contributed by atoms with Crippen LogP contribution in [0.2, 0.25) is 0 Å². The first-order valence-corrected chi connectivity index (χ1v) is 9.07. The van der Waals surface area contributed by atoms with E-state index in [0.717, 1.165) is 0 Å². The van der Waals surface area contributed by atoms with Gasteiger partial charge in [0.1, 0.15) is 6.42 Å². The van der Waals surface area contributed by atoms with Crippen molar-refractivity contribution in [2.45, 2.75) is 38.1 Å². The highest BCUT2D eigenvalue weighted by Crippen LogP contribution is 2.52. The van der Waals surface area contributed by atoms with Crippen molar-refractivity contribution in [3.8, 4) is 0 Å². The molecule has 1 heterocycles. The third kappa shape index (κ3) is 4.92. The van der Waals surface area contributed by atoms with Gasteiger partial charge in [0.05, 0.1) is 19.4 Å². The van der Waals surface area contributed by atoms with E-state index in [9.17, 15) is 14.3 Å². The lowest BCUT2D eigenvalue weighted by molar-refractivity contribution is -0.179. The van der Waals surface area contributed by atoms with E-state index in [1.54, 1.807) is 31.2 Å². The van der Waals surface area contributed by atoms with Crippen molar-refractivity contribution in [2.24, 2.45) is 0 Å². The van der Waals surface area contributed by atoms with E-state index in [1.165, 1.54) is 0 Å². The van der Waals surface area contributed by atoms with E-state index in [1.807, 2.05) is 6.07 Å². The van der Waals surface area contributed by atoms with E-state index >= 15 is 0 Å². The molecule has 1 aromatic rings. The molecule has 2 atom stereocenters. The van der Waals surface area contributed by atoms with Crippen LogP contribution in [0.5, 0.6) is 0 Å². The standard InChI is InChI=1S/C15H21O6P/c1-2-19-14(16)11-15(9-6-10-20-15)21-22(17,18)12-13-7-4-3-5-8-13/h3-5,7-8H,2,6,9-12H2,1H3,(H,17,18). The van der Waals surface area contributed by atoms with Crippen LogP contribution in [-0.4, -0.2) is 29.9 Å². The number of rotatable bonds is 7. The molecule has 1 N–H and O–H groups in total. The van der Waals surface area contributed by atoms with E-state index in [2.05, 4.69) is 0 Å². The average Bonchev–Trinajstić information content (AvgIpc) is 2.86. The molecule has 2 unspecified atom stereocenters. The predicted octanol–water partition coefficient (Wildman–Crippen LogP) is 2.85. The van der Waals surface area contributed by atoms with Gasteiger partial charge in [-0.1, -0.05) is 30.3 Å². The van der Waals surface area contributed by atoms with E-state index in [4.69, 9.17) is 14.0 Å². The van der Waals surface area contributed by atoms with Gasteiger partial charge < -0.3 is 14.4 Å².